The van der Waals surface area contributed by atoms with Gasteiger partial charge in [-0.05, 0) is 43.4 Å². The first-order chi connectivity index (χ1) is 20.9. The van der Waals surface area contributed by atoms with E-state index < -0.39 is 24.7 Å². The van der Waals surface area contributed by atoms with Crippen molar-refractivity contribution in [3.05, 3.63) is 35.9 Å². The molecule has 1 aliphatic rings. The molecule has 1 saturated heterocycles. The van der Waals surface area contributed by atoms with E-state index in [2.05, 4.69) is 26.9 Å². The second kappa shape index (κ2) is 17.1. The molecule has 2 heterocycles. The zero-order valence-electron chi connectivity index (χ0n) is 24.8. The van der Waals surface area contributed by atoms with Gasteiger partial charge in [-0.2, -0.15) is 23.1 Å². The minimum atomic E-state index is -5.12. The van der Waals surface area contributed by atoms with E-state index in [-0.39, 0.29) is 24.0 Å². The number of nitrogens with one attached hydrogen (secondary N) is 1. The molecule has 1 N–H and O–H groups in total. The van der Waals surface area contributed by atoms with E-state index >= 15 is 0 Å². The molecule has 44 heavy (non-hydrogen) atoms. The maximum absolute atomic E-state index is 12.9. The molecular weight excluding hydrogens is 594 g/mol. The fraction of sp³-hybridized carbons (Fsp3) is 0.633. The van der Waals surface area contributed by atoms with Crippen molar-refractivity contribution in [3.63, 3.8) is 0 Å². The minimum absolute atomic E-state index is 0.0352. The average molecular weight is 635 g/mol. The van der Waals surface area contributed by atoms with E-state index in [0.717, 1.165) is 31.2 Å². The van der Waals surface area contributed by atoms with E-state index in [4.69, 9.17) is 9.47 Å². The van der Waals surface area contributed by atoms with E-state index in [1.165, 1.54) is 54.8 Å². The molecule has 0 amide bonds. The summed E-state index contributed by atoms with van der Waals surface area (Å²) in [6.45, 7) is 3.18. The fourth-order valence-corrected chi connectivity index (χ4v) is 4.78. The highest BCUT2D eigenvalue weighted by Gasteiger charge is 2.43. The summed E-state index contributed by atoms with van der Waals surface area (Å²) < 4.78 is 90.6. The number of alkyl halides is 6. The molecule has 0 spiro atoms. The van der Waals surface area contributed by atoms with Crippen LogP contribution in [-0.4, -0.2) is 54.4 Å². The number of ether oxygens (including phenoxy) is 3. The number of hydrogen-bond acceptors (Lipinski definition) is 8. The van der Waals surface area contributed by atoms with Crippen LogP contribution in [0.4, 0.5) is 38.0 Å². The molecule has 1 aliphatic heterocycles. The second-order valence-electron chi connectivity index (χ2n) is 10.6. The number of nitrogens with zero attached hydrogens (tertiary/aromatic N) is 3. The Bertz CT molecular complexity index is 1150. The number of aromatic nitrogens is 2. The summed E-state index contributed by atoms with van der Waals surface area (Å²) in [4.78, 5) is 21.9. The van der Waals surface area contributed by atoms with Gasteiger partial charge < -0.3 is 24.4 Å². The molecule has 0 radical (unpaired) electrons. The Balaban J connectivity index is 1.66. The van der Waals surface area contributed by atoms with Crippen molar-refractivity contribution in [2.75, 3.05) is 29.9 Å². The lowest BCUT2D eigenvalue weighted by Crippen LogP contribution is -2.45. The van der Waals surface area contributed by atoms with Gasteiger partial charge in [-0.3, -0.25) is 0 Å². The number of esters is 1. The van der Waals surface area contributed by atoms with Crippen LogP contribution in [0, 0.1) is 0 Å². The van der Waals surface area contributed by atoms with Gasteiger partial charge in [0.05, 0.1) is 6.61 Å². The monoisotopic (exact) mass is 634 g/mol. The SMILES string of the molecule is CCCCCCCCCCOc1nc(NCCc2ccc(OC(F)(F)F)cc2)cc(N2CCCCC2OC(=O)C(F)(F)F)n1. The van der Waals surface area contributed by atoms with Crippen LogP contribution in [-0.2, 0) is 16.0 Å². The van der Waals surface area contributed by atoms with Crippen molar-refractivity contribution >= 4 is 17.6 Å². The van der Waals surface area contributed by atoms with Crippen LogP contribution in [0.15, 0.2) is 30.3 Å². The molecule has 0 aliphatic carbocycles. The summed E-state index contributed by atoms with van der Waals surface area (Å²) >= 11 is 0. The number of anilines is 2. The molecule has 2 aromatic rings. The lowest BCUT2D eigenvalue weighted by Gasteiger charge is -2.36. The summed E-state index contributed by atoms with van der Waals surface area (Å²) in [5.74, 6) is -2.00. The number of hydrogen-bond donors (Lipinski definition) is 1. The number of carbonyl (C=O) groups excluding carboxylic acids is 1. The van der Waals surface area contributed by atoms with Gasteiger partial charge in [0.25, 0.3) is 0 Å². The summed E-state index contributed by atoms with van der Waals surface area (Å²) in [5, 5.41) is 3.12. The van der Waals surface area contributed by atoms with E-state index in [0.29, 0.717) is 44.8 Å². The van der Waals surface area contributed by atoms with Gasteiger partial charge in [0.1, 0.15) is 17.4 Å². The molecule has 1 aromatic carbocycles. The Labute approximate surface area is 253 Å². The van der Waals surface area contributed by atoms with Crippen molar-refractivity contribution in [1.82, 2.24) is 9.97 Å². The van der Waals surface area contributed by atoms with Crippen LogP contribution in [0.25, 0.3) is 0 Å². The second-order valence-corrected chi connectivity index (χ2v) is 10.6. The molecule has 1 aromatic heterocycles. The van der Waals surface area contributed by atoms with Crippen molar-refractivity contribution in [2.45, 2.75) is 103 Å². The first-order valence-electron chi connectivity index (χ1n) is 15.1. The van der Waals surface area contributed by atoms with E-state index in [9.17, 15) is 31.1 Å². The topological polar surface area (TPSA) is 85.8 Å². The predicted molar refractivity (Wildman–Crippen MR) is 153 cm³/mol. The van der Waals surface area contributed by atoms with Gasteiger partial charge in [-0.15, -0.1) is 13.2 Å². The molecule has 246 valence electrons. The largest absolute Gasteiger partial charge is 0.573 e. The molecule has 1 unspecified atom stereocenters. The summed E-state index contributed by atoms with van der Waals surface area (Å²) in [6, 6.07) is 7.05. The maximum Gasteiger partial charge on any atom is 0.573 e. The van der Waals surface area contributed by atoms with Gasteiger partial charge >= 0.3 is 24.5 Å². The highest BCUT2D eigenvalue weighted by molar-refractivity contribution is 5.76. The number of piperidine rings is 1. The molecule has 1 atom stereocenters. The van der Waals surface area contributed by atoms with Crippen LogP contribution in [0.1, 0.15) is 83.1 Å². The minimum Gasteiger partial charge on any atom is -0.463 e. The van der Waals surface area contributed by atoms with E-state index in [1.807, 2.05) is 0 Å². The van der Waals surface area contributed by atoms with Crippen LogP contribution in [0.3, 0.4) is 0 Å². The molecule has 14 heteroatoms. The summed E-state index contributed by atoms with van der Waals surface area (Å²) in [6.07, 6.45) is -0.299. The third kappa shape index (κ3) is 12.7. The third-order valence-corrected chi connectivity index (χ3v) is 7.01. The molecule has 1 fully saturated rings. The van der Waals surface area contributed by atoms with E-state index in [1.54, 1.807) is 6.07 Å². The Morgan fingerprint density at radius 3 is 2.30 bits per heavy atom. The number of rotatable bonds is 17. The first kappa shape index (κ1) is 35.0. The Morgan fingerprint density at radius 1 is 0.955 bits per heavy atom. The lowest BCUT2D eigenvalue weighted by molar-refractivity contribution is -0.274. The number of benzene rings is 1. The predicted octanol–water partition coefficient (Wildman–Crippen LogP) is 7.97. The van der Waals surface area contributed by atoms with Crippen LogP contribution in [0.2, 0.25) is 0 Å². The molecule has 0 saturated carbocycles. The summed E-state index contributed by atoms with van der Waals surface area (Å²) in [7, 11) is 0. The van der Waals surface area contributed by atoms with Crippen molar-refractivity contribution in [3.8, 4) is 11.8 Å². The van der Waals surface area contributed by atoms with Gasteiger partial charge in [-0.1, -0.05) is 64.0 Å². The van der Waals surface area contributed by atoms with Crippen LogP contribution < -0.4 is 19.7 Å². The molecule has 8 nitrogen and oxygen atoms in total. The number of carbonyl (C=O) groups is 1. The first-order valence-corrected chi connectivity index (χ1v) is 15.1. The Morgan fingerprint density at radius 2 is 1.64 bits per heavy atom. The summed E-state index contributed by atoms with van der Waals surface area (Å²) in [5.41, 5.74) is 0.739. The van der Waals surface area contributed by atoms with Crippen molar-refractivity contribution in [2.24, 2.45) is 0 Å². The highest BCUT2D eigenvalue weighted by atomic mass is 19.4. The van der Waals surface area contributed by atoms with Crippen LogP contribution >= 0.6 is 0 Å². The maximum atomic E-state index is 12.9. The Kier molecular flexibility index (Phi) is 13.7. The average Bonchev–Trinajstić information content (AvgIpc) is 2.96. The van der Waals surface area contributed by atoms with Gasteiger partial charge in [-0.25, -0.2) is 4.79 Å². The van der Waals surface area contributed by atoms with Crippen molar-refractivity contribution in [1.29, 1.82) is 0 Å². The Hall–Kier alpha value is -3.45. The van der Waals surface area contributed by atoms with Crippen LogP contribution in [0.5, 0.6) is 11.8 Å². The van der Waals surface area contributed by atoms with Gasteiger partial charge in [0.15, 0.2) is 6.23 Å². The van der Waals surface area contributed by atoms with Gasteiger partial charge in [0.2, 0.25) is 0 Å². The third-order valence-electron chi connectivity index (χ3n) is 7.01. The number of unbranched alkanes of at least 4 members (excludes halogenated alkanes) is 7. The lowest BCUT2D eigenvalue weighted by atomic mass is 10.1. The normalized spacial score (nSPS) is 15.6. The standard InChI is InChI=1S/C30H40F6N4O4/c1-2-3-4-5-6-7-8-11-20-42-28-38-24(37-18-17-22-13-15-23(16-14-22)44-30(34,35)36)21-25(39-28)40-19-10-9-12-26(40)43-27(41)29(31,32)33/h13-16,21,26H,2-12,17-20H2,1H3,(H,37,38,39). The highest BCUT2D eigenvalue weighted by Crippen LogP contribution is 2.29. The zero-order valence-corrected chi connectivity index (χ0v) is 24.8. The smallest absolute Gasteiger partial charge is 0.463 e. The molecule has 0 bridgehead atoms. The van der Waals surface area contributed by atoms with Gasteiger partial charge in [0, 0.05) is 25.6 Å². The fourth-order valence-electron chi connectivity index (χ4n) is 4.78. The van der Waals surface area contributed by atoms with Crippen molar-refractivity contribution < 1.29 is 45.3 Å². The molecule has 3 rings (SSSR count). The zero-order chi connectivity index (χ0) is 32.0. The number of halogens is 6. The quantitative estimate of drug-likeness (QED) is 0.107. The molecular formula is C30H40F6N4O4.